The van der Waals surface area contributed by atoms with Crippen molar-refractivity contribution in [2.24, 2.45) is 0 Å². The number of rotatable bonds is 2. The Morgan fingerprint density at radius 3 is 2.62 bits per heavy atom. The molecular weight excluding hydrogens is 242 g/mol. The van der Waals surface area contributed by atoms with E-state index in [0.29, 0.717) is 11.4 Å². The van der Waals surface area contributed by atoms with Crippen molar-refractivity contribution in [1.29, 1.82) is 0 Å². The maximum absolute atomic E-state index is 12.2. The number of thioether (sulfide) groups is 1. The molecule has 16 heavy (non-hydrogen) atoms. The molecule has 1 amide bonds. The summed E-state index contributed by atoms with van der Waals surface area (Å²) in [6.07, 6.45) is 6.35. The Morgan fingerprint density at radius 1 is 1.38 bits per heavy atom. The zero-order valence-corrected chi connectivity index (χ0v) is 11.4. The van der Waals surface area contributed by atoms with Crippen LogP contribution in [-0.4, -0.2) is 27.8 Å². The van der Waals surface area contributed by atoms with Crippen LogP contribution in [0.1, 0.15) is 45.4 Å². The number of nitrogens with one attached hydrogen (secondary N) is 1. The van der Waals surface area contributed by atoms with Gasteiger partial charge in [-0.15, -0.1) is 23.4 Å². The van der Waals surface area contributed by atoms with E-state index < -0.39 is 0 Å². The van der Waals surface area contributed by atoms with Gasteiger partial charge in [-0.05, 0) is 51.2 Å². The number of carbonyl (C=O) groups excluding carboxylic acids is 1. The van der Waals surface area contributed by atoms with Crippen molar-refractivity contribution in [2.45, 2.75) is 61.6 Å². The molecule has 2 rings (SSSR count). The standard InChI is InChI=1S/C12H20ClNOS/c1-12(7-2-8-16-12)11(15)14-10-5-3-9(13)4-6-10/h9-10H,2-8H2,1H3,(H,14,15). The SMILES string of the molecule is CC1(C(=O)NC2CCC(Cl)CC2)CCCS1. The van der Waals surface area contributed by atoms with E-state index in [-0.39, 0.29) is 10.7 Å². The monoisotopic (exact) mass is 261 g/mol. The average Bonchev–Trinajstić information content (AvgIpc) is 2.70. The molecule has 2 fully saturated rings. The molecule has 1 unspecified atom stereocenters. The molecule has 92 valence electrons. The van der Waals surface area contributed by atoms with Gasteiger partial charge in [0, 0.05) is 11.4 Å². The Bertz CT molecular complexity index is 258. The minimum absolute atomic E-state index is 0.169. The summed E-state index contributed by atoms with van der Waals surface area (Å²) in [6.45, 7) is 2.08. The molecule has 0 radical (unpaired) electrons. The predicted molar refractivity (Wildman–Crippen MR) is 70.1 cm³/mol. The van der Waals surface area contributed by atoms with Crippen LogP contribution in [0.2, 0.25) is 0 Å². The number of hydrogen-bond acceptors (Lipinski definition) is 2. The fraction of sp³-hybridized carbons (Fsp3) is 0.917. The number of carbonyl (C=O) groups is 1. The van der Waals surface area contributed by atoms with E-state index in [2.05, 4.69) is 12.2 Å². The van der Waals surface area contributed by atoms with Crippen LogP contribution < -0.4 is 5.32 Å². The average molecular weight is 262 g/mol. The third-order valence-corrected chi connectivity index (χ3v) is 5.65. The summed E-state index contributed by atoms with van der Waals surface area (Å²) >= 11 is 7.86. The lowest BCUT2D eigenvalue weighted by molar-refractivity contribution is -0.124. The van der Waals surface area contributed by atoms with Gasteiger partial charge >= 0.3 is 0 Å². The van der Waals surface area contributed by atoms with Crippen LogP contribution in [-0.2, 0) is 4.79 Å². The van der Waals surface area contributed by atoms with Gasteiger partial charge in [-0.1, -0.05) is 0 Å². The molecule has 1 atom stereocenters. The second-order valence-corrected chi connectivity index (χ2v) is 7.32. The smallest absolute Gasteiger partial charge is 0.236 e. The predicted octanol–water partition coefficient (Wildman–Crippen LogP) is 2.94. The van der Waals surface area contributed by atoms with Crippen LogP contribution >= 0.6 is 23.4 Å². The fourth-order valence-corrected chi connectivity index (χ4v) is 3.96. The third-order valence-electron chi connectivity index (χ3n) is 3.69. The van der Waals surface area contributed by atoms with Crippen LogP contribution in [0.25, 0.3) is 0 Å². The molecule has 0 aromatic carbocycles. The molecule has 2 nitrogen and oxygen atoms in total. The number of amides is 1. The molecular formula is C12H20ClNOS. The van der Waals surface area contributed by atoms with Crippen LogP contribution in [0.4, 0.5) is 0 Å². The summed E-state index contributed by atoms with van der Waals surface area (Å²) in [5.74, 6) is 1.37. The highest BCUT2D eigenvalue weighted by molar-refractivity contribution is 8.01. The Balaban J connectivity index is 1.83. The topological polar surface area (TPSA) is 29.1 Å². The molecule has 0 spiro atoms. The third kappa shape index (κ3) is 2.86. The van der Waals surface area contributed by atoms with Crippen molar-refractivity contribution in [3.05, 3.63) is 0 Å². The summed E-state index contributed by atoms with van der Waals surface area (Å²) in [5.41, 5.74) is 0. The van der Waals surface area contributed by atoms with Gasteiger partial charge in [0.05, 0.1) is 4.75 Å². The molecule has 1 aliphatic carbocycles. The van der Waals surface area contributed by atoms with Crippen molar-refractivity contribution in [1.82, 2.24) is 5.32 Å². The molecule has 1 heterocycles. The normalized spacial score (nSPS) is 39.6. The molecule has 4 heteroatoms. The Kier molecular flexibility index (Phi) is 4.06. The minimum Gasteiger partial charge on any atom is -0.352 e. The number of hydrogen-bond donors (Lipinski definition) is 1. The van der Waals surface area contributed by atoms with Crippen molar-refractivity contribution in [2.75, 3.05) is 5.75 Å². The maximum atomic E-state index is 12.2. The zero-order valence-electron chi connectivity index (χ0n) is 9.80. The second kappa shape index (κ2) is 5.18. The molecule has 1 N–H and O–H groups in total. The van der Waals surface area contributed by atoms with E-state index in [0.717, 1.165) is 37.9 Å². The van der Waals surface area contributed by atoms with Gasteiger partial charge in [0.2, 0.25) is 5.91 Å². The highest BCUT2D eigenvalue weighted by Gasteiger charge is 2.38. The Labute approximate surface area is 107 Å². The van der Waals surface area contributed by atoms with E-state index in [1.807, 2.05) is 0 Å². The summed E-state index contributed by atoms with van der Waals surface area (Å²) in [5, 5.41) is 3.53. The van der Waals surface area contributed by atoms with Crippen molar-refractivity contribution in [3.63, 3.8) is 0 Å². The molecule has 1 aliphatic heterocycles. The van der Waals surface area contributed by atoms with Gasteiger partial charge in [-0.2, -0.15) is 0 Å². The van der Waals surface area contributed by atoms with E-state index in [1.54, 1.807) is 11.8 Å². The quantitative estimate of drug-likeness (QED) is 0.775. The highest BCUT2D eigenvalue weighted by Crippen LogP contribution is 2.38. The molecule has 0 bridgehead atoms. The molecule has 2 aliphatic rings. The Hall–Kier alpha value is 0.110. The van der Waals surface area contributed by atoms with Gasteiger partial charge in [-0.25, -0.2) is 0 Å². The fourth-order valence-electron chi connectivity index (χ4n) is 2.49. The molecule has 1 saturated carbocycles. The van der Waals surface area contributed by atoms with Crippen LogP contribution in [0, 0.1) is 0 Å². The number of alkyl halides is 1. The summed E-state index contributed by atoms with van der Waals surface area (Å²) < 4.78 is -0.169. The van der Waals surface area contributed by atoms with Gasteiger partial charge in [0.25, 0.3) is 0 Å². The van der Waals surface area contributed by atoms with Gasteiger partial charge in [-0.3, -0.25) is 4.79 Å². The number of halogens is 1. The van der Waals surface area contributed by atoms with Gasteiger partial charge in [0.15, 0.2) is 0 Å². The first-order valence-corrected chi connectivity index (χ1v) is 7.61. The largest absolute Gasteiger partial charge is 0.352 e. The van der Waals surface area contributed by atoms with E-state index >= 15 is 0 Å². The van der Waals surface area contributed by atoms with E-state index in [4.69, 9.17) is 11.6 Å². The summed E-state index contributed by atoms with van der Waals surface area (Å²) in [7, 11) is 0. The van der Waals surface area contributed by atoms with Gasteiger partial charge < -0.3 is 5.32 Å². The van der Waals surface area contributed by atoms with Crippen LogP contribution in [0.5, 0.6) is 0 Å². The van der Waals surface area contributed by atoms with Crippen molar-refractivity contribution < 1.29 is 4.79 Å². The van der Waals surface area contributed by atoms with Crippen LogP contribution in [0.15, 0.2) is 0 Å². The minimum atomic E-state index is -0.169. The van der Waals surface area contributed by atoms with Crippen molar-refractivity contribution in [3.8, 4) is 0 Å². The second-order valence-electron chi connectivity index (χ2n) is 5.11. The first kappa shape index (κ1) is 12.6. The maximum Gasteiger partial charge on any atom is 0.236 e. The lowest BCUT2D eigenvalue weighted by Gasteiger charge is -2.29. The van der Waals surface area contributed by atoms with Crippen LogP contribution in [0.3, 0.4) is 0 Å². The van der Waals surface area contributed by atoms with E-state index in [9.17, 15) is 4.79 Å². The zero-order chi connectivity index (χ0) is 11.6. The molecule has 0 aromatic heterocycles. The molecule has 0 aromatic rings. The lowest BCUT2D eigenvalue weighted by atomic mass is 9.94. The van der Waals surface area contributed by atoms with Gasteiger partial charge in [0.1, 0.15) is 0 Å². The first-order chi connectivity index (χ1) is 7.60. The lowest BCUT2D eigenvalue weighted by Crippen LogP contribution is -2.46. The summed E-state index contributed by atoms with van der Waals surface area (Å²) in [6, 6.07) is 0.362. The Morgan fingerprint density at radius 2 is 2.06 bits per heavy atom. The first-order valence-electron chi connectivity index (χ1n) is 6.19. The van der Waals surface area contributed by atoms with E-state index in [1.165, 1.54) is 6.42 Å². The summed E-state index contributed by atoms with van der Waals surface area (Å²) in [4.78, 5) is 12.2. The molecule has 1 saturated heterocycles. The highest BCUT2D eigenvalue weighted by atomic mass is 35.5. The van der Waals surface area contributed by atoms with Crippen molar-refractivity contribution >= 4 is 29.3 Å².